The number of nitrogens with zero attached hydrogens (tertiary/aromatic N) is 2. The van der Waals surface area contributed by atoms with Gasteiger partial charge in [0.2, 0.25) is 10.0 Å². The highest BCUT2D eigenvalue weighted by atomic mass is 32.2. The number of phenols is 1. The zero-order chi connectivity index (χ0) is 25.0. The third kappa shape index (κ3) is 5.67. The van der Waals surface area contributed by atoms with E-state index in [4.69, 9.17) is 0 Å². The van der Waals surface area contributed by atoms with Gasteiger partial charge in [0.05, 0.1) is 24.7 Å². The lowest BCUT2D eigenvalue weighted by molar-refractivity contribution is 0.0955. The summed E-state index contributed by atoms with van der Waals surface area (Å²) in [5.41, 5.74) is 5.67. The Labute approximate surface area is 204 Å². The predicted molar refractivity (Wildman–Crippen MR) is 139 cm³/mol. The number of carbonyl (C=O) groups is 1. The Morgan fingerprint density at radius 1 is 0.971 bits per heavy atom. The van der Waals surface area contributed by atoms with Crippen LogP contribution in [0.15, 0.2) is 90.0 Å². The van der Waals surface area contributed by atoms with Crippen LogP contribution in [0.5, 0.6) is 5.75 Å². The van der Waals surface area contributed by atoms with Gasteiger partial charge in [0.1, 0.15) is 5.75 Å². The summed E-state index contributed by atoms with van der Waals surface area (Å²) in [6.45, 7) is 2.15. The van der Waals surface area contributed by atoms with E-state index in [0.29, 0.717) is 16.8 Å². The van der Waals surface area contributed by atoms with Crippen molar-refractivity contribution in [3.8, 4) is 5.75 Å². The van der Waals surface area contributed by atoms with Crippen molar-refractivity contribution in [2.45, 2.75) is 13.5 Å². The maximum Gasteiger partial charge on any atom is 0.271 e. The average Bonchev–Trinajstić information content (AvgIpc) is 2.84. The fraction of sp³-hybridized carbons (Fsp3) is 0.111. The summed E-state index contributed by atoms with van der Waals surface area (Å²) in [4.78, 5) is 12.6. The molecule has 0 aromatic heterocycles. The number of aryl methyl sites for hydroxylation is 1. The summed E-state index contributed by atoms with van der Waals surface area (Å²) in [5, 5.41) is 15.9. The lowest BCUT2D eigenvalue weighted by atomic mass is 10.0. The van der Waals surface area contributed by atoms with E-state index in [1.165, 1.54) is 10.5 Å². The highest BCUT2D eigenvalue weighted by molar-refractivity contribution is 7.92. The minimum absolute atomic E-state index is 0.0560. The molecule has 0 atom stereocenters. The molecular weight excluding hydrogens is 462 g/mol. The molecule has 0 radical (unpaired) electrons. The zero-order valence-corrected chi connectivity index (χ0v) is 20.2. The van der Waals surface area contributed by atoms with Gasteiger partial charge < -0.3 is 5.11 Å². The molecule has 2 N–H and O–H groups in total. The molecule has 0 aliphatic heterocycles. The van der Waals surface area contributed by atoms with E-state index >= 15 is 0 Å². The number of benzene rings is 4. The number of nitrogens with one attached hydrogen (secondary N) is 1. The van der Waals surface area contributed by atoms with Gasteiger partial charge in [0, 0.05) is 11.1 Å². The first-order valence-electron chi connectivity index (χ1n) is 10.9. The second kappa shape index (κ2) is 9.99. The molecule has 0 aliphatic rings. The van der Waals surface area contributed by atoms with Crippen LogP contribution in [0.25, 0.3) is 10.8 Å². The molecule has 0 unspecified atom stereocenters. The summed E-state index contributed by atoms with van der Waals surface area (Å²) < 4.78 is 26.1. The molecule has 4 aromatic rings. The number of rotatable bonds is 7. The van der Waals surface area contributed by atoms with Crippen molar-refractivity contribution in [1.29, 1.82) is 0 Å². The van der Waals surface area contributed by atoms with Gasteiger partial charge in [-0.25, -0.2) is 13.8 Å². The Balaban J connectivity index is 1.49. The fourth-order valence-corrected chi connectivity index (χ4v) is 4.57. The van der Waals surface area contributed by atoms with Crippen LogP contribution in [0, 0.1) is 6.92 Å². The van der Waals surface area contributed by atoms with Crippen LogP contribution in [0.4, 0.5) is 5.69 Å². The van der Waals surface area contributed by atoms with Crippen molar-refractivity contribution < 1.29 is 18.3 Å². The Hall–Kier alpha value is -4.17. The third-order valence-electron chi connectivity index (χ3n) is 5.57. The highest BCUT2D eigenvalue weighted by Gasteiger charge is 2.18. The number of aromatic hydroxyl groups is 1. The van der Waals surface area contributed by atoms with Gasteiger partial charge in [-0.2, -0.15) is 5.10 Å². The van der Waals surface area contributed by atoms with Crippen LogP contribution in [0.3, 0.4) is 0 Å². The van der Waals surface area contributed by atoms with E-state index in [1.54, 1.807) is 36.4 Å². The zero-order valence-electron chi connectivity index (χ0n) is 19.3. The van der Waals surface area contributed by atoms with Gasteiger partial charge in [-0.1, -0.05) is 60.2 Å². The molecule has 0 bridgehead atoms. The molecular formula is C27H25N3O4S. The average molecular weight is 488 g/mol. The number of sulfonamides is 1. The summed E-state index contributed by atoms with van der Waals surface area (Å²) >= 11 is 0. The second-order valence-corrected chi connectivity index (χ2v) is 10.1. The lowest BCUT2D eigenvalue weighted by Crippen LogP contribution is -2.29. The number of hydrazone groups is 1. The van der Waals surface area contributed by atoms with Gasteiger partial charge in [0.15, 0.2) is 0 Å². The number of amides is 1. The lowest BCUT2D eigenvalue weighted by Gasteiger charge is -2.22. The maximum atomic E-state index is 12.6. The normalized spacial score (nSPS) is 11.6. The van der Waals surface area contributed by atoms with Crippen molar-refractivity contribution in [3.05, 3.63) is 107 Å². The molecule has 35 heavy (non-hydrogen) atoms. The molecule has 0 heterocycles. The molecule has 4 aromatic carbocycles. The van der Waals surface area contributed by atoms with Crippen molar-refractivity contribution in [2.75, 3.05) is 10.6 Å². The number of fused-ring (bicyclic) bond motifs is 1. The van der Waals surface area contributed by atoms with E-state index < -0.39 is 15.9 Å². The smallest absolute Gasteiger partial charge is 0.271 e. The molecule has 0 saturated carbocycles. The van der Waals surface area contributed by atoms with Gasteiger partial charge >= 0.3 is 0 Å². The number of phenolic OH excluding ortho intramolecular Hbond substituents is 1. The predicted octanol–water partition coefficient (Wildman–Crippen LogP) is 4.58. The van der Waals surface area contributed by atoms with Crippen LogP contribution < -0.4 is 9.73 Å². The molecule has 0 saturated heterocycles. The number of hydrogen-bond acceptors (Lipinski definition) is 5. The van der Waals surface area contributed by atoms with Crippen molar-refractivity contribution >= 4 is 38.6 Å². The topological polar surface area (TPSA) is 99.1 Å². The molecule has 4 rings (SSSR count). The summed E-state index contributed by atoms with van der Waals surface area (Å²) in [7, 11) is -3.54. The van der Waals surface area contributed by atoms with Gasteiger partial charge in [-0.15, -0.1) is 0 Å². The first-order chi connectivity index (χ1) is 16.7. The molecule has 7 nitrogen and oxygen atoms in total. The fourth-order valence-electron chi connectivity index (χ4n) is 3.68. The van der Waals surface area contributed by atoms with Crippen molar-refractivity contribution in [1.82, 2.24) is 5.43 Å². The molecule has 0 aliphatic carbocycles. The van der Waals surface area contributed by atoms with E-state index in [1.807, 2.05) is 55.5 Å². The number of hydrogen-bond donors (Lipinski definition) is 2. The monoisotopic (exact) mass is 487 g/mol. The second-order valence-electron chi connectivity index (χ2n) is 8.22. The third-order valence-corrected chi connectivity index (χ3v) is 6.71. The molecule has 0 fully saturated rings. The summed E-state index contributed by atoms with van der Waals surface area (Å²) in [6.07, 6.45) is 2.55. The van der Waals surface area contributed by atoms with Crippen LogP contribution in [0.2, 0.25) is 0 Å². The van der Waals surface area contributed by atoms with Crippen LogP contribution in [-0.2, 0) is 16.6 Å². The van der Waals surface area contributed by atoms with Crippen LogP contribution in [-0.4, -0.2) is 31.9 Å². The van der Waals surface area contributed by atoms with E-state index in [0.717, 1.165) is 28.2 Å². The first-order valence-corrected chi connectivity index (χ1v) is 12.7. The van der Waals surface area contributed by atoms with Gasteiger partial charge in [-0.05, 0) is 53.6 Å². The van der Waals surface area contributed by atoms with E-state index in [9.17, 15) is 18.3 Å². The Kier molecular flexibility index (Phi) is 6.84. The van der Waals surface area contributed by atoms with E-state index in [-0.39, 0.29) is 12.3 Å². The minimum Gasteiger partial charge on any atom is -0.507 e. The van der Waals surface area contributed by atoms with Gasteiger partial charge in [-0.3, -0.25) is 9.10 Å². The SMILES string of the molecule is Cc1ccc(CN(c2ccc(C(=O)N/N=C\c3c(O)ccc4ccccc34)cc2)S(C)(=O)=O)cc1. The summed E-state index contributed by atoms with van der Waals surface area (Å²) in [6, 6.07) is 24.8. The van der Waals surface area contributed by atoms with Crippen molar-refractivity contribution in [2.24, 2.45) is 5.10 Å². The standard InChI is InChI=1S/C27H25N3O4S/c1-19-7-9-20(10-8-19)18-30(35(2,33)34)23-14-11-22(12-15-23)27(32)29-28-17-25-24-6-4-3-5-21(24)13-16-26(25)31/h3-17,31H,18H2,1-2H3,(H,29,32)/b28-17-. The highest BCUT2D eigenvalue weighted by Crippen LogP contribution is 2.25. The number of anilines is 1. The van der Waals surface area contributed by atoms with Crippen molar-refractivity contribution in [3.63, 3.8) is 0 Å². The Morgan fingerprint density at radius 2 is 1.66 bits per heavy atom. The minimum atomic E-state index is -3.54. The van der Waals surface area contributed by atoms with Gasteiger partial charge in [0.25, 0.3) is 5.91 Å². The van der Waals surface area contributed by atoms with E-state index in [2.05, 4.69) is 10.5 Å². The maximum absolute atomic E-state index is 12.6. The Bertz CT molecular complexity index is 1500. The Morgan fingerprint density at radius 3 is 2.34 bits per heavy atom. The molecule has 1 amide bonds. The molecule has 0 spiro atoms. The number of carbonyl (C=O) groups excluding carboxylic acids is 1. The first kappa shape index (κ1) is 24.0. The molecule has 178 valence electrons. The van der Waals surface area contributed by atoms with Crippen LogP contribution >= 0.6 is 0 Å². The molecule has 8 heteroatoms. The quantitative estimate of drug-likeness (QED) is 0.294. The summed E-state index contributed by atoms with van der Waals surface area (Å²) in [5.74, 6) is -0.405. The van der Waals surface area contributed by atoms with Crippen LogP contribution in [0.1, 0.15) is 27.0 Å². The largest absolute Gasteiger partial charge is 0.507 e.